The number of alkyl halides is 3. The Labute approximate surface area is 281 Å². The predicted molar refractivity (Wildman–Crippen MR) is 182 cm³/mol. The number of fused-ring (bicyclic) bond motifs is 1. The summed E-state index contributed by atoms with van der Waals surface area (Å²) in [5, 5.41) is 6.46. The van der Waals surface area contributed by atoms with Crippen molar-refractivity contribution in [2.45, 2.75) is 44.5 Å². The summed E-state index contributed by atoms with van der Waals surface area (Å²) in [7, 11) is -3.73. The molecule has 11 nitrogen and oxygen atoms in total. The van der Waals surface area contributed by atoms with Crippen molar-refractivity contribution in [3.8, 4) is 39.7 Å². The van der Waals surface area contributed by atoms with E-state index in [-0.39, 0.29) is 5.95 Å². The van der Waals surface area contributed by atoms with Crippen LogP contribution in [0, 0.1) is 0 Å². The summed E-state index contributed by atoms with van der Waals surface area (Å²) in [6.07, 6.45) is -1.25. The molecule has 0 spiro atoms. The number of aromatic amines is 1. The zero-order chi connectivity index (χ0) is 35.3. The van der Waals surface area contributed by atoms with Crippen LogP contribution in [0.2, 0.25) is 0 Å². The molecule has 0 saturated carbocycles. The highest BCUT2D eigenvalue weighted by atomic mass is 32.2. The quantitative estimate of drug-likeness (QED) is 0.158. The third kappa shape index (κ3) is 8.23. The Bertz CT molecular complexity index is 2020. The third-order valence-electron chi connectivity index (χ3n) is 8.00. The second-order valence-corrected chi connectivity index (χ2v) is 14.1. The van der Waals surface area contributed by atoms with Crippen LogP contribution in [0.1, 0.15) is 33.1 Å². The number of ether oxygens (including phenoxy) is 1. The van der Waals surface area contributed by atoms with Gasteiger partial charge in [0.15, 0.2) is 0 Å². The lowest BCUT2D eigenvalue weighted by Gasteiger charge is -2.26. The highest BCUT2D eigenvalue weighted by Gasteiger charge is 2.38. The minimum atomic E-state index is -5.08. The summed E-state index contributed by atoms with van der Waals surface area (Å²) in [5.74, 6) is -1.33. The van der Waals surface area contributed by atoms with Crippen molar-refractivity contribution in [3.63, 3.8) is 0 Å². The Balaban J connectivity index is 0.000000606. The lowest BCUT2D eigenvalue weighted by atomic mass is 10.0. The molecular weight excluding hydrogens is 661 g/mol. The van der Waals surface area contributed by atoms with E-state index in [0.717, 1.165) is 51.7 Å². The van der Waals surface area contributed by atoms with Crippen LogP contribution < -0.4 is 10.5 Å². The molecule has 15 heteroatoms. The summed E-state index contributed by atoms with van der Waals surface area (Å²) >= 11 is 0. The third-order valence-corrected chi connectivity index (χ3v) is 10.1. The predicted octanol–water partition coefficient (Wildman–Crippen LogP) is 6.43. The van der Waals surface area contributed by atoms with Crippen molar-refractivity contribution < 1.29 is 36.2 Å². The van der Waals surface area contributed by atoms with Crippen LogP contribution >= 0.6 is 0 Å². The van der Waals surface area contributed by atoms with Crippen molar-refractivity contribution in [2.75, 3.05) is 32.0 Å². The van der Waals surface area contributed by atoms with Gasteiger partial charge in [-0.25, -0.2) is 27.2 Å². The molecule has 0 unspecified atom stereocenters. The first-order valence-electron chi connectivity index (χ1n) is 15.7. The number of aliphatic carboxylic acids is 1. The Kier molecular flexibility index (Phi) is 10.6. The van der Waals surface area contributed by atoms with Gasteiger partial charge in [0.25, 0.3) is 0 Å². The van der Waals surface area contributed by atoms with E-state index >= 15 is 0 Å². The monoisotopic (exact) mass is 698 g/mol. The van der Waals surface area contributed by atoms with Crippen molar-refractivity contribution in [3.05, 3.63) is 72.8 Å². The van der Waals surface area contributed by atoms with Gasteiger partial charge in [-0.05, 0) is 64.0 Å². The van der Waals surface area contributed by atoms with E-state index in [0.29, 0.717) is 29.2 Å². The Morgan fingerprint density at radius 1 is 0.959 bits per heavy atom. The molecule has 0 amide bonds. The lowest BCUT2D eigenvalue weighted by molar-refractivity contribution is -0.192. The molecule has 2 aromatic heterocycles. The fourth-order valence-corrected chi connectivity index (χ4v) is 6.58. The van der Waals surface area contributed by atoms with Gasteiger partial charge in [-0.3, -0.25) is 4.90 Å². The van der Waals surface area contributed by atoms with Gasteiger partial charge in [0.2, 0.25) is 16.0 Å². The minimum absolute atomic E-state index is 0.0565. The molecule has 5 aromatic rings. The molecule has 0 radical (unpaired) electrons. The fraction of sp³-hybridized carbons (Fsp3) is 0.324. The van der Waals surface area contributed by atoms with Crippen molar-refractivity contribution in [1.82, 2.24) is 23.8 Å². The van der Waals surface area contributed by atoms with Gasteiger partial charge in [0, 0.05) is 23.2 Å². The smallest absolute Gasteiger partial charge is 0.490 e. The average Bonchev–Trinajstić information content (AvgIpc) is 3.67. The number of carbonyl (C=O) groups is 1. The van der Waals surface area contributed by atoms with Gasteiger partial charge in [0.05, 0.1) is 27.7 Å². The molecule has 0 aliphatic carbocycles. The standard InChI is InChI=1S/C32H36N6O3S.C2HF3O2/c1-22(2)42(39,40)38-28-21-24(14-15-27(28)34-32(38)33)30-29(23-10-5-3-6-11-23)35-31(36-30)25-12-9-13-26(20-25)41-19-18-37-16-7-4-8-17-37;3-2(4,5)1(6)7/h3,5-6,9-15,20-22H,4,7-8,16-19H2,1-2H3,(H2,33,34)(H,35,36);(H,6,7). The normalized spacial score (nSPS) is 14.1. The van der Waals surface area contributed by atoms with E-state index in [1.807, 2.05) is 60.7 Å². The van der Waals surface area contributed by atoms with E-state index in [1.165, 1.54) is 19.3 Å². The Hall–Kier alpha value is -4.89. The summed E-state index contributed by atoms with van der Waals surface area (Å²) in [6, 6.07) is 23.4. The number of imidazole rings is 2. The van der Waals surface area contributed by atoms with Gasteiger partial charge in [-0.1, -0.05) is 55.0 Å². The van der Waals surface area contributed by atoms with Crippen LogP contribution in [0.3, 0.4) is 0 Å². The summed E-state index contributed by atoms with van der Waals surface area (Å²) in [4.78, 5) is 24.2. The molecule has 1 aliphatic rings. The maximum Gasteiger partial charge on any atom is 0.490 e. The van der Waals surface area contributed by atoms with Gasteiger partial charge in [-0.2, -0.15) is 13.2 Å². The molecule has 1 aliphatic heterocycles. The summed E-state index contributed by atoms with van der Waals surface area (Å²) < 4.78 is 65.3. The number of rotatable bonds is 9. The number of nitrogens with one attached hydrogen (secondary N) is 1. The molecule has 260 valence electrons. The number of piperidine rings is 1. The minimum Gasteiger partial charge on any atom is -0.492 e. The van der Waals surface area contributed by atoms with Crippen LogP contribution in [-0.4, -0.2) is 81.0 Å². The lowest BCUT2D eigenvalue weighted by Crippen LogP contribution is -2.33. The van der Waals surface area contributed by atoms with E-state index in [9.17, 15) is 21.6 Å². The number of hydrogen-bond donors (Lipinski definition) is 3. The molecule has 6 rings (SSSR count). The molecule has 3 aromatic carbocycles. The topological polar surface area (TPSA) is 156 Å². The average molecular weight is 699 g/mol. The number of halogens is 3. The number of H-pyrrole nitrogens is 1. The fourth-order valence-electron chi connectivity index (χ4n) is 5.44. The molecule has 49 heavy (non-hydrogen) atoms. The molecule has 3 heterocycles. The SMILES string of the molecule is CC(C)S(=O)(=O)n1c(N)nc2ccc(-c3nc(-c4cccc(OCCN5CCCCC5)c4)[nH]c3-c3ccccc3)cc21.O=C(O)C(F)(F)F. The summed E-state index contributed by atoms with van der Waals surface area (Å²) in [5.41, 5.74) is 11.2. The second-order valence-electron chi connectivity index (χ2n) is 11.8. The largest absolute Gasteiger partial charge is 0.492 e. The maximum atomic E-state index is 13.2. The number of nitrogens with zero attached hydrogens (tertiary/aromatic N) is 4. The van der Waals surface area contributed by atoms with Crippen LogP contribution in [-0.2, 0) is 14.8 Å². The number of anilines is 1. The van der Waals surface area contributed by atoms with E-state index in [4.69, 9.17) is 25.4 Å². The highest BCUT2D eigenvalue weighted by molar-refractivity contribution is 7.90. The number of benzene rings is 3. The first-order chi connectivity index (χ1) is 23.3. The Morgan fingerprint density at radius 3 is 2.29 bits per heavy atom. The number of nitrogens with two attached hydrogens (primary N) is 1. The highest BCUT2D eigenvalue weighted by Crippen LogP contribution is 2.36. The second kappa shape index (κ2) is 14.7. The van der Waals surface area contributed by atoms with Crippen molar-refractivity contribution in [1.29, 1.82) is 0 Å². The van der Waals surface area contributed by atoms with E-state index in [1.54, 1.807) is 26.0 Å². The molecule has 0 bridgehead atoms. The number of nitrogen functional groups attached to an aromatic ring is 1. The Morgan fingerprint density at radius 2 is 1.63 bits per heavy atom. The zero-order valence-electron chi connectivity index (χ0n) is 26.9. The molecule has 4 N–H and O–H groups in total. The molecular formula is C34H37F3N6O5S. The molecule has 0 atom stereocenters. The number of carboxylic acids is 1. The van der Waals surface area contributed by atoms with Crippen molar-refractivity contribution >= 4 is 33.0 Å². The van der Waals surface area contributed by atoms with Crippen LogP contribution in [0.15, 0.2) is 72.8 Å². The van der Waals surface area contributed by atoms with Gasteiger partial charge in [-0.15, -0.1) is 0 Å². The first-order valence-corrected chi connectivity index (χ1v) is 17.2. The van der Waals surface area contributed by atoms with E-state index in [2.05, 4.69) is 14.9 Å². The van der Waals surface area contributed by atoms with Crippen molar-refractivity contribution in [2.24, 2.45) is 0 Å². The summed E-state index contributed by atoms with van der Waals surface area (Å²) in [6.45, 7) is 7.10. The molecule has 1 fully saturated rings. The van der Waals surface area contributed by atoms with Gasteiger partial charge < -0.3 is 20.6 Å². The first kappa shape index (κ1) is 35.4. The number of likely N-dealkylation sites (tertiary alicyclic amines) is 1. The zero-order valence-corrected chi connectivity index (χ0v) is 27.8. The van der Waals surface area contributed by atoms with Gasteiger partial charge in [0.1, 0.15) is 18.2 Å². The van der Waals surface area contributed by atoms with E-state index < -0.39 is 27.4 Å². The van der Waals surface area contributed by atoms with Crippen LogP contribution in [0.4, 0.5) is 19.1 Å². The molecule has 1 saturated heterocycles. The number of aromatic nitrogens is 4. The number of carboxylic acid groups (broad SMARTS) is 1. The van der Waals surface area contributed by atoms with Gasteiger partial charge >= 0.3 is 12.1 Å². The maximum absolute atomic E-state index is 13.2. The number of hydrogen-bond acceptors (Lipinski definition) is 8. The van der Waals surface area contributed by atoms with Crippen LogP contribution in [0.5, 0.6) is 5.75 Å². The van der Waals surface area contributed by atoms with Crippen LogP contribution in [0.25, 0.3) is 44.9 Å².